The predicted molar refractivity (Wildman–Crippen MR) is 78.3 cm³/mol. The molecule has 108 valence electrons. The van der Waals surface area contributed by atoms with Gasteiger partial charge >= 0.3 is 0 Å². The van der Waals surface area contributed by atoms with Crippen molar-refractivity contribution in [2.75, 3.05) is 30.7 Å². The second-order valence-corrected chi connectivity index (χ2v) is 6.19. The molecule has 0 unspecified atom stereocenters. The monoisotopic (exact) mass is 286 g/mol. The molecule has 0 aliphatic carbocycles. The van der Waals surface area contributed by atoms with Gasteiger partial charge in [-0.25, -0.2) is 8.42 Å². The van der Waals surface area contributed by atoms with Crippen LogP contribution >= 0.6 is 0 Å². The lowest BCUT2D eigenvalue weighted by atomic mass is 10.2. The molecule has 1 aromatic rings. The van der Waals surface area contributed by atoms with Crippen LogP contribution in [0.5, 0.6) is 5.75 Å². The van der Waals surface area contributed by atoms with E-state index < -0.39 is 10.0 Å². The number of sulfonamides is 1. The normalized spacial score (nSPS) is 11.3. The molecule has 0 spiro atoms. The van der Waals surface area contributed by atoms with Crippen LogP contribution in [0.4, 0.5) is 5.69 Å². The summed E-state index contributed by atoms with van der Waals surface area (Å²) in [6, 6.07) is 5.25. The van der Waals surface area contributed by atoms with Gasteiger partial charge < -0.3 is 10.1 Å². The quantitative estimate of drug-likeness (QED) is 0.714. The van der Waals surface area contributed by atoms with Crippen LogP contribution in [0.3, 0.4) is 0 Å². The minimum absolute atomic E-state index is 0.0679. The minimum Gasteiger partial charge on any atom is -0.497 e. The second kappa shape index (κ2) is 7.35. The van der Waals surface area contributed by atoms with Crippen molar-refractivity contribution in [2.24, 2.45) is 0 Å². The molecule has 0 radical (unpaired) electrons. The highest BCUT2D eigenvalue weighted by Crippen LogP contribution is 2.21. The van der Waals surface area contributed by atoms with Gasteiger partial charge in [-0.05, 0) is 43.7 Å². The Morgan fingerprint density at radius 3 is 2.58 bits per heavy atom. The Labute approximate surface area is 115 Å². The minimum atomic E-state index is -3.31. The maximum Gasteiger partial charge on any atom is 0.233 e. The second-order valence-electron chi connectivity index (χ2n) is 4.35. The van der Waals surface area contributed by atoms with Gasteiger partial charge in [-0.3, -0.25) is 4.72 Å². The molecule has 5 nitrogen and oxygen atoms in total. The van der Waals surface area contributed by atoms with Gasteiger partial charge in [0.05, 0.1) is 18.6 Å². The highest BCUT2D eigenvalue weighted by molar-refractivity contribution is 7.92. The maximum absolute atomic E-state index is 11.9. The summed E-state index contributed by atoms with van der Waals surface area (Å²) in [5, 5.41) is 3.07. The molecule has 0 amide bonds. The molecule has 0 aliphatic rings. The standard InChI is InChI=1S/C13H22N2O3S/c1-4-7-14-8-9-19(16,17)15-13-6-5-12(18-3)10-11(13)2/h5-6,10,14-15H,4,7-9H2,1-3H3. The zero-order valence-corrected chi connectivity index (χ0v) is 12.5. The highest BCUT2D eigenvalue weighted by atomic mass is 32.2. The van der Waals surface area contributed by atoms with Gasteiger partial charge in [-0.15, -0.1) is 0 Å². The Bertz CT molecular complexity index is 501. The fourth-order valence-corrected chi connectivity index (χ4v) is 2.68. The first-order valence-electron chi connectivity index (χ1n) is 6.34. The van der Waals surface area contributed by atoms with Gasteiger partial charge in [0.2, 0.25) is 10.0 Å². The van der Waals surface area contributed by atoms with Gasteiger partial charge in [0.15, 0.2) is 0 Å². The number of hydrogen-bond acceptors (Lipinski definition) is 4. The largest absolute Gasteiger partial charge is 0.497 e. The molecule has 0 heterocycles. The van der Waals surface area contributed by atoms with Crippen molar-refractivity contribution < 1.29 is 13.2 Å². The summed E-state index contributed by atoms with van der Waals surface area (Å²) in [6.07, 6.45) is 0.991. The van der Waals surface area contributed by atoms with Crippen molar-refractivity contribution in [3.05, 3.63) is 23.8 Å². The van der Waals surface area contributed by atoms with E-state index >= 15 is 0 Å². The van der Waals surface area contributed by atoms with Crippen LogP contribution in [0.25, 0.3) is 0 Å². The number of hydrogen-bond donors (Lipinski definition) is 2. The summed E-state index contributed by atoms with van der Waals surface area (Å²) in [4.78, 5) is 0. The molecule has 0 bridgehead atoms. The van der Waals surface area contributed by atoms with Crippen LogP contribution in [0.2, 0.25) is 0 Å². The van der Waals surface area contributed by atoms with Crippen LogP contribution in [0, 0.1) is 6.92 Å². The number of methoxy groups -OCH3 is 1. The highest BCUT2D eigenvalue weighted by Gasteiger charge is 2.11. The molecule has 19 heavy (non-hydrogen) atoms. The summed E-state index contributed by atoms with van der Waals surface area (Å²) in [6.45, 7) is 5.17. The molecule has 0 saturated heterocycles. The molecule has 2 N–H and O–H groups in total. The topological polar surface area (TPSA) is 67.4 Å². The summed E-state index contributed by atoms with van der Waals surface area (Å²) in [5.41, 5.74) is 1.43. The van der Waals surface area contributed by atoms with Crippen molar-refractivity contribution in [1.82, 2.24) is 5.32 Å². The maximum atomic E-state index is 11.9. The van der Waals surface area contributed by atoms with Gasteiger partial charge in [0, 0.05) is 6.54 Å². The van der Waals surface area contributed by atoms with Crippen molar-refractivity contribution in [2.45, 2.75) is 20.3 Å². The average Bonchev–Trinajstić information content (AvgIpc) is 2.37. The average molecular weight is 286 g/mol. The van der Waals surface area contributed by atoms with E-state index in [-0.39, 0.29) is 5.75 Å². The van der Waals surface area contributed by atoms with E-state index in [1.807, 2.05) is 13.8 Å². The fourth-order valence-electron chi connectivity index (χ4n) is 1.60. The van der Waals surface area contributed by atoms with Crippen LogP contribution in [0.1, 0.15) is 18.9 Å². The van der Waals surface area contributed by atoms with Crippen molar-refractivity contribution in [3.63, 3.8) is 0 Å². The lowest BCUT2D eigenvalue weighted by molar-refractivity contribution is 0.414. The van der Waals surface area contributed by atoms with Gasteiger partial charge in [0.1, 0.15) is 5.75 Å². The molecular weight excluding hydrogens is 264 g/mol. The van der Waals surface area contributed by atoms with Crippen LogP contribution in [-0.2, 0) is 10.0 Å². The molecule has 1 aromatic carbocycles. The number of benzene rings is 1. The van der Waals surface area contributed by atoms with E-state index in [0.29, 0.717) is 18.0 Å². The molecule has 1 rings (SSSR count). The van der Waals surface area contributed by atoms with E-state index in [0.717, 1.165) is 18.5 Å². The lowest BCUT2D eigenvalue weighted by Crippen LogP contribution is -2.27. The summed E-state index contributed by atoms with van der Waals surface area (Å²) in [5.74, 6) is 0.781. The molecule has 0 aliphatic heterocycles. The smallest absolute Gasteiger partial charge is 0.233 e. The number of anilines is 1. The lowest BCUT2D eigenvalue weighted by Gasteiger charge is -2.11. The van der Waals surface area contributed by atoms with E-state index in [9.17, 15) is 8.42 Å². The molecule has 6 heteroatoms. The molecule has 0 atom stereocenters. The first kappa shape index (κ1) is 15.8. The zero-order chi connectivity index (χ0) is 14.3. The predicted octanol–water partition coefficient (Wildman–Crippen LogP) is 1.74. The van der Waals surface area contributed by atoms with Crippen LogP contribution < -0.4 is 14.8 Å². The Hall–Kier alpha value is -1.27. The Morgan fingerprint density at radius 1 is 1.26 bits per heavy atom. The number of nitrogens with one attached hydrogen (secondary N) is 2. The van der Waals surface area contributed by atoms with Gasteiger partial charge in [-0.1, -0.05) is 6.92 Å². The van der Waals surface area contributed by atoms with E-state index in [4.69, 9.17) is 4.74 Å². The SMILES string of the molecule is CCCNCCS(=O)(=O)Nc1ccc(OC)cc1C. The molecule has 0 saturated carbocycles. The van der Waals surface area contributed by atoms with E-state index in [2.05, 4.69) is 10.0 Å². The number of aryl methyl sites for hydroxylation is 1. The number of ether oxygens (including phenoxy) is 1. The Balaban J connectivity index is 2.62. The van der Waals surface area contributed by atoms with Crippen LogP contribution in [-0.4, -0.2) is 34.4 Å². The van der Waals surface area contributed by atoms with E-state index in [1.165, 1.54) is 0 Å². The third-order valence-electron chi connectivity index (χ3n) is 2.67. The fraction of sp³-hybridized carbons (Fsp3) is 0.538. The van der Waals surface area contributed by atoms with E-state index in [1.54, 1.807) is 25.3 Å². The first-order chi connectivity index (χ1) is 8.98. The first-order valence-corrected chi connectivity index (χ1v) is 7.99. The summed E-state index contributed by atoms with van der Waals surface area (Å²) < 4.78 is 31.5. The molecule has 0 fully saturated rings. The molecular formula is C13H22N2O3S. The summed E-state index contributed by atoms with van der Waals surface area (Å²) in [7, 11) is -1.73. The third kappa shape index (κ3) is 5.48. The Morgan fingerprint density at radius 2 is 2.00 bits per heavy atom. The summed E-state index contributed by atoms with van der Waals surface area (Å²) >= 11 is 0. The Kier molecular flexibility index (Phi) is 6.11. The van der Waals surface area contributed by atoms with Crippen LogP contribution in [0.15, 0.2) is 18.2 Å². The van der Waals surface area contributed by atoms with Gasteiger partial charge in [0.25, 0.3) is 0 Å². The number of rotatable bonds is 8. The molecule has 0 aromatic heterocycles. The van der Waals surface area contributed by atoms with Crippen molar-refractivity contribution >= 4 is 15.7 Å². The third-order valence-corrected chi connectivity index (χ3v) is 3.95. The van der Waals surface area contributed by atoms with Crippen molar-refractivity contribution in [1.29, 1.82) is 0 Å². The van der Waals surface area contributed by atoms with Gasteiger partial charge in [-0.2, -0.15) is 0 Å². The van der Waals surface area contributed by atoms with Crippen molar-refractivity contribution in [3.8, 4) is 5.75 Å². The zero-order valence-electron chi connectivity index (χ0n) is 11.7.